The van der Waals surface area contributed by atoms with Gasteiger partial charge in [-0.05, 0) is 42.1 Å². The Morgan fingerprint density at radius 3 is 2.39 bits per heavy atom. The first-order valence-corrected chi connectivity index (χ1v) is 20.8. The Bertz CT molecular complexity index is 1960. The van der Waals surface area contributed by atoms with Gasteiger partial charge in [0.25, 0.3) is 17.7 Å². The van der Waals surface area contributed by atoms with E-state index in [1.807, 2.05) is 0 Å². The number of β-lactam (4-membered cyclic amide) rings is 1. The van der Waals surface area contributed by atoms with Gasteiger partial charge in [0.2, 0.25) is 6.10 Å². The van der Waals surface area contributed by atoms with Crippen molar-refractivity contribution in [3.8, 4) is 11.5 Å². The van der Waals surface area contributed by atoms with Crippen molar-refractivity contribution in [3.05, 3.63) is 45.1 Å². The lowest BCUT2D eigenvalue weighted by Crippen LogP contribution is -2.71. The van der Waals surface area contributed by atoms with Crippen molar-refractivity contribution in [2.24, 2.45) is 11.1 Å². The van der Waals surface area contributed by atoms with Crippen LogP contribution in [0.3, 0.4) is 0 Å². The Kier molecular flexibility index (Phi) is 15.6. The predicted octanol–water partition coefficient (Wildman–Crippen LogP) is 2.64. The van der Waals surface area contributed by atoms with Gasteiger partial charge in [-0.1, -0.05) is 16.8 Å². The maximum atomic E-state index is 13.5. The van der Waals surface area contributed by atoms with Crippen molar-refractivity contribution in [2.75, 3.05) is 41.0 Å². The molecule has 2 saturated heterocycles. The molecule has 1 aromatic carbocycles. The first kappa shape index (κ1) is 45.1. The van der Waals surface area contributed by atoms with Crippen molar-refractivity contribution in [1.82, 2.24) is 20.5 Å². The average molecular weight is 901 g/mol. The number of halogens is 4. The van der Waals surface area contributed by atoms with Crippen LogP contribution in [0.4, 0.5) is 18.3 Å². The molecule has 2 fully saturated rings. The highest BCUT2D eigenvalue weighted by Crippen LogP contribution is 2.41. The van der Waals surface area contributed by atoms with Crippen LogP contribution in [0.2, 0.25) is 5.02 Å². The highest BCUT2D eigenvalue weighted by molar-refractivity contribution is 8.01. The number of alkyl halides is 3. The third-order valence-corrected chi connectivity index (χ3v) is 12.6. The number of aromatic nitrogens is 1. The third kappa shape index (κ3) is 11.3. The summed E-state index contributed by atoms with van der Waals surface area (Å²) >= 11 is 11.3. The molecule has 0 aliphatic carbocycles. The largest absolute Gasteiger partial charge is 0.504 e. The van der Waals surface area contributed by atoms with E-state index in [1.54, 1.807) is 11.8 Å². The molecule has 1 unspecified atom stereocenters. The molecule has 4 heterocycles. The van der Waals surface area contributed by atoms with Crippen LogP contribution in [0, 0.1) is 5.92 Å². The summed E-state index contributed by atoms with van der Waals surface area (Å²) in [7, 11) is 0. The van der Waals surface area contributed by atoms with E-state index in [2.05, 4.69) is 20.8 Å². The number of amides is 3. The number of anilines is 1. The Hall–Kier alpha value is -4.59. The number of fused-ring (bicyclic) bond motifs is 1. The number of nitrogens with zero attached hydrogens (tertiary/aromatic N) is 3. The van der Waals surface area contributed by atoms with Gasteiger partial charge in [-0.15, -0.1) is 23.1 Å². The number of nitrogen functional groups attached to an aromatic ring is 1. The van der Waals surface area contributed by atoms with Crippen LogP contribution in [0.1, 0.15) is 28.9 Å². The van der Waals surface area contributed by atoms with E-state index in [-0.39, 0.29) is 56.8 Å². The minimum absolute atomic E-state index is 0.0270. The number of nitrogens with one attached hydrogen (secondary N) is 2. The number of thiazole rings is 1. The quantitative estimate of drug-likeness (QED) is 0.0445. The summed E-state index contributed by atoms with van der Waals surface area (Å²) in [5.41, 5.74) is 5.68. The van der Waals surface area contributed by atoms with E-state index in [9.17, 15) is 57.6 Å². The fraction of sp³-hybridized carbons (Fsp3) is 0.419. The van der Waals surface area contributed by atoms with Crippen molar-refractivity contribution in [1.29, 1.82) is 0 Å². The maximum absolute atomic E-state index is 13.5. The second kappa shape index (κ2) is 19.7. The molecule has 0 spiro atoms. The summed E-state index contributed by atoms with van der Waals surface area (Å²) in [5.74, 6) is -6.37. The number of phenolic OH excluding ortho intramolecular Hbond substituents is 2. The standard InChI is InChI=1S/C29H31ClN6O10S4.C2HF3O2/c30-17-14(1-2-16(37)21(17)38)23(39)32-5-8-48-9-13-10-49-26-19(25(41)36(26)20(13)27(42)43)34-24(40)18(15-11-50-29(31)33-15)35-46-22(28(44)45)12-3-6-47-7-4-12;3-2(4,5)1(6)7/h1-2,11-12,19,22,26,37-38H,3-10H2,(H2,31,33)(H,32,39)(H,34,40)(H,42,43)(H,44,45);(H,6,7)/b35-18-;/t19-,22?,26-;/m1./s1. The van der Waals surface area contributed by atoms with Gasteiger partial charge in [-0.2, -0.15) is 36.7 Å². The van der Waals surface area contributed by atoms with Crippen LogP contribution in [-0.4, -0.2) is 136 Å². The number of rotatable bonds is 14. The molecular formula is C31H32ClF3N6O12S4. The summed E-state index contributed by atoms with van der Waals surface area (Å²) < 4.78 is 31.7. The third-order valence-electron chi connectivity index (χ3n) is 8.10. The van der Waals surface area contributed by atoms with Crippen molar-refractivity contribution < 1.29 is 72.3 Å². The second-order valence-corrected chi connectivity index (χ2v) is 16.6. The molecule has 310 valence electrons. The minimum Gasteiger partial charge on any atom is -0.504 e. The Morgan fingerprint density at radius 1 is 1.14 bits per heavy atom. The summed E-state index contributed by atoms with van der Waals surface area (Å²) in [5, 5.41) is 55.9. The predicted molar refractivity (Wildman–Crippen MR) is 203 cm³/mol. The normalized spacial score (nSPS) is 19.0. The monoisotopic (exact) mass is 900 g/mol. The number of carboxylic acid groups (broad SMARTS) is 3. The molecule has 18 nitrogen and oxygen atoms in total. The van der Waals surface area contributed by atoms with Gasteiger partial charge in [-0.25, -0.2) is 19.4 Å². The van der Waals surface area contributed by atoms with E-state index < -0.39 is 70.8 Å². The lowest BCUT2D eigenvalue weighted by Gasteiger charge is -2.49. The zero-order valence-electron chi connectivity index (χ0n) is 28.9. The summed E-state index contributed by atoms with van der Waals surface area (Å²) in [6.45, 7) is 0.175. The summed E-state index contributed by atoms with van der Waals surface area (Å²) in [4.78, 5) is 83.0. The number of phenols is 2. The van der Waals surface area contributed by atoms with E-state index in [4.69, 9.17) is 32.1 Å². The first-order valence-electron chi connectivity index (χ1n) is 16.2. The molecule has 0 bridgehead atoms. The summed E-state index contributed by atoms with van der Waals surface area (Å²) in [6.07, 6.45) is -5.17. The van der Waals surface area contributed by atoms with E-state index in [1.165, 1.54) is 35.0 Å². The van der Waals surface area contributed by atoms with Crippen LogP contribution < -0.4 is 16.4 Å². The van der Waals surface area contributed by atoms with Gasteiger partial charge < -0.3 is 46.7 Å². The van der Waals surface area contributed by atoms with Crippen molar-refractivity contribution >= 4 is 105 Å². The van der Waals surface area contributed by atoms with Crippen LogP contribution >= 0.6 is 58.2 Å². The zero-order chi connectivity index (χ0) is 42.2. The number of aromatic hydroxyl groups is 2. The van der Waals surface area contributed by atoms with Gasteiger partial charge in [0, 0.05) is 35.1 Å². The smallest absolute Gasteiger partial charge is 0.490 e. The van der Waals surface area contributed by atoms with Gasteiger partial charge in [0.1, 0.15) is 22.8 Å². The molecule has 0 radical (unpaired) electrons. The lowest BCUT2D eigenvalue weighted by atomic mass is 9.96. The number of carboxylic acids is 3. The second-order valence-electron chi connectivity index (χ2n) is 11.8. The molecular weight excluding hydrogens is 869 g/mol. The number of carbonyl (C=O) groups is 6. The van der Waals surface area contributed by atoms with Crippen molar-refractivity contribution in [3.63, 3.8) is 0 Å². The van der Waals surface area contributed by atoms with Crippen LogP contribution in [0.5, 0.6) is 11.5 Å². The first-order chi connectivity index (χ1) is 26.8. The Balaban J connectivity index is 0.000000940. The highest BCUT2D eigenvalue weighted by Gasteiger charge is 2.54. The molecule has 5 rings (SSSR count). The molecule has 9 N–H and O–H groups in total. The number of nitrogens with two attached hydrogens (primary N) is 1. The number of thioether (sulfide) groups is 3. The number of hydrogen-bond donors (Lipinski definition) is 8. The van der Waals surface area contributed by atoms with E-state index in [0.717, 1.165) is 33.8 Å². The Labute approximate surface area is 341 Å². The summed E-state index contributed by atoms with van der Waals surface area (Å²) in [6, 6.07) is 1.30. The number of benzene rings is 1. The van der Waals surface area contributed by atoms with Crippen LogP contribution in [-0.2, 0) is 28.8 Å². The number of oxime groups is 1. The van der Waals surface area contributed by atoms with Gasteiger partial charge in [0.05, 0.1) is 10.6 Å². The van der Waals surface area contributed by atoms with Gasteiger partial charge in [-0.3, -0.25) is 19.3 Å². The van der Waals surface area contributed by atoms with E-state index in [0.29, 0.717) is 24.2 Å². The fourth-order valence-corrected chi connectivity index (χ4v) is 9.61. The molecule has 2 aromatic rings. The lowest BCUT2D eigenvalue weighted by molar-refractivity contribution is -0.192. The topological polar surface area (TPSA) is 291 Å². The molecule has 3 atom stereocenters. The fourth-order valence-electron chi connectivity index (χ4n) is 5.32. The molecule has 0 saturated carbocycles. The molecule has 26 heteroatoms. The number of hydrogen-bond acceptors (Lipinski definition) is 16. The average Bonchev–Trinajstić information content (AvgIpc) is 3.59. The van der Waals surface area contributed by atoms with Crippen LogP contribution in [0.15, 0.2) is 33.9 Å². The Morgan fingerprint density at radius 2 is 1.81 bits per heavy atom. The number of aliphatic carboxylic acids is 3. The molecule has 3 amide bonds. The molecule has 3 aliphatic heterocycles. The van der Waals surface area contributed by atoms with Gasteiger partial charge >= 0.3 is 24.1 Å². The number of carbonyl (C=O) groups excluding carboxylic acids is 3. The molecule has 3 aliphatic rings. The molecule has 57 heavy (non-hydrogen) atoms. The highest BCUT2D eigenvalue weighted by atomic mass is 35.5. The van der Waals surface area contributed by atoms with Crippen molar-refractivity contribution in [2.45, 2.75) is 36.5 Å². The van der Waals surface area contributed by atoms with Crippen LogP contribution in [0.25, 0.3) is 0 Å². The zero-order valence-corrected chi connectivity index (χ0v) is 32.9. The SMILES string of the molecule is Nc1nc(/C(=N/OC(C(=O)O)C2CCSCC2)C(=O)N[C@@H]2C(=O)N3C(C(=O)O)=C(CSCCNC(=O)c4ccc(O)c(O)c4Cl)CS[C@H]23)cs1.O=C(O)C(F)(F)F. The van der Waals surface area contributed by atoms with Gasteiger partial charge in [0.15, 0.2) is 22.3 Å². The molecule has 1 aromatic heterocycles. The maximum Gasteiger partial charge on any atom is 0.490 e. The minimum atomic E-state index is -5.08. The van der Waals surface area contributed by atoms with E-state index >= 15 is 0 Å².